The first-order chi connectivity index (χ1) is 16.3. The summed E-state index contributed by atoms with van der Waals surface area (Å²) in [5.74, 6) is -2.06. The number of carbonyl (C=O) groups is 4. The second-order valence-electron chi connectivity index (χ2n) is 8.83. The predicted octanol–water partition coefficient (Wildman–Crippen LogP) is 2.23. The minimum absolute atomic E-state index is 0.0566. The van der Waals surface area contributed by atoms with Crippen LogP contribution in [-0.2, 0) is 14.4 Å². The van der Waals surface area contributed by atoms with Crippen LogP contribution in [0.15, 0.2) is 34.9 Å². The van der Waals surface area contributed by atoms with Crippen LogP contribution in [0.1, 0.15) is 50.0 Å². The molecule has 3 rings (SSSR count). The molecule has 3 N–H and O–H groups in total. The van der Waals surface area contributed by atoms with Crippen LogP contribution in [0.2, 0.25) is 0 Å². The van der Waals surface area contributed by atoms with Gasteiger partial charge in [0.25, 0.3) is 5.91 Å². The number of aldehydes is 1. The van der Waals surface area contributed by atoms with Crippen molar-refractivity contribution in [1.29, 1.82) is 0 Å². The molecule has 2 heterocycles. The molecule has 1 aliphatic heterocycles. The fourth-order valence-corrected chi connectivity index (χ4v) is 3.90. The molecule has 0 saturated carbocycles. The van der Waals surface area contributed by atoms with Crippen LogP contribution >= 0.6 is 0 Å². The van der Waals surface area contributed by atoms with E-state index >= 15 is 0 Å². The molecule has 0 bridgehead atoms. The predicted molar refractivity (Wildman–Crippen MR) is 121 cm³/mol. The van der Waals surface area contributed by atoms with Crippen molar-refractivity contribution in [3.8, 4) is 11.3 Å². The third kappa shape index (κ3) is 6.49. The van der Waals surface area contributed by atoms with E-state index in [0.29, 0.717) is 25.7 Å². The lowest BCUT2D eigenvalue weighted by molar-refractivity contribution is -0.129. The molecule has 182 valence electrons. The standard InChI is InChI=1S/C24H29FN4O5/c1-14(2)10-19(23(32)27-16(13-30)11-15-6-5-9-26-22(15)31)28-24(33)20-12-21(34-29-20)17-7-3-4-8-18(17)25/h3-4,7-8,12-16,19H,5-6,9-11H2,1-2H3,(H,26,31)(H,27,32)(H,28,33)/t15-,16-,19-/m0/s1. The first kappa shape index (κ1) is 25.1. The second kappa shape index (κ2) is 11.5. The van der Waals surface area contributed by atoms with Crippen molar-refractivity contribution in [3.05, 3.63) is 41.8 Å². The Morgan fingerprint density at radius 3 is 2.74 bits per heavy atom. The molecule has 34 heavy (non-hydrogen) atoms. The minimum Gasteiger partial charge on any atom is -0.356 e. The van der Waals surface area contributed by atoms with Crippen LogP contribution in [0.3, 0.4) is 0 Å². The maximum Gasteiger partial charge on any atom is 0.274 e. The normalized spacial score (nSPS) is 17.5. The highest BCUT2D eigenvalue weighted by atomic mass is 19.1. The van der Waals surface area contributed by atoms with Crippen LogP contribution in [0, 0.1) is 17.7 Å². The van der Waals surface area contributed by atoms with Crippen LogP contribution < -0.4 is 16.0 Å². The van der Waals surface area contributed by atoms with Gasteiger partial charge in [-0.3, -0.25) is 14.4 Å². The van der Waals surface area contributed by atoms with Gasteiger partial charge in [-0.25, -0.2) is 4.39 Å². The third-order valence-corrected chi connectivity index (χ3v) is 5.64. The number of hydrogen-bond acceptors (Lipinski definition) is 6. The Balaban J connectivity index is 1.67. The molecule has 0 unspecified atom stereocenters. The lowest BCUT2D eigenvalue weighted by Crippen LogP contribution is -2.51. The molecule has 1 saturated heterocycles. The van der Waals surface area contributed by atoms with Crippen molar-refractivity contribution >= 4 is 24.0 Å². The smallest absolute Gasteiger partial charge is 0.274 e. The highest BCUT2D eigenvalue weighted by Gasteiger charge is 2.29. The largest absolute Gasteiger partial charge is 0.356 e. The Morgan fingerprint density at radius 1 is 1.29 bits per heavy atom. The number of nitrogens with one attached hydrogen (secondary N) is 3. The number of hydrogen-bond donors (Lipinski definition) is 3. The van der Waals surface area contributed by atoms with Crippen molar-refractivity contribution in [2.75, 3.05) is 6.54 Å². The minimum atomic E-state index is -0.941. The summed E-state index contributed by atoms with van der Waals surface area (Å²) in [5, 5.41) is 11.7. The number of benzene rings is 1. The van der Waals surface area contributed by atoms with Crippen molar-refractivity contribution in [2.24, 2.45) is 11.8 Å². The summed E-state index contributed by atoms with van der Waals surface area (Å²) in [6.45, 7) is 4.39. The molecular weight excluding hydrogens is 443 g/mol. The second-order valence-corrected chi connectivity index (χ2v) is 8.83. The molecule has 0 aliphatic carbocycles. The fourth-order valence-electron chi connectivity index (χ4n) is 3.90. The number of amides is 3. The van der Waals surface area contributed by atoms with E-state index in [9.17, 15) is 23.6 Å². The SMILES string of the molecule is CC(C)C[C@H](NC(=O)c1cc(-c2ccccc2F)on1)C(=O)N[C@H](C=O)C[C@@H]1CCCNC1=O. The van der Waals surface area contributed by atoms with Gasteiger partial charge in [-0.2, -0.15) is 0 Å². The molecule has 1 aliphatic rings. The van der Waals surface area contributed by atoms with Gasteiger partial charge in [0.15, 0.2) is 11.5 Å². The average molecular weight is 473 g/mol. The lowest BCUT2D eigenvalue weighted by Gasteiger charge is -2.26. The number of carbonyl (C=O) groups excluding carboxylic acids is 4. The van der Waals surface area contributed by atoms with E-state index in [1.165, 1.54) is 24.3 Å². The van der Waals surface area contributed by atoms with Crippen molar-refractivity contribution in [1.82, 2.24) is 21.1 Å². The van der Waals surface area contributed by atoms with Crippen LogP contribution in [-0.4, -0.2) is 47.8 Å². The highest BCUT2D eigenvalue weighted by molar-refractivity contribution is 5.97. The van der Waals surface area contributed by atoms with Gasteiger partial charge in [-0.1, -0.05) is 31.1 Å². The van der Waals surface area contributed by atoms with Crippen LogP contribution in [0.5, 0.6) is 0 Å². The summed E-state index contributed by atoms with van der Waals surface area (Å²) in [6.07, 6.45) is 2.57. The first-order valence-electron chi connectivity index (χ1n) is 11.3. The van der Waals surface area contributed by atoms with Crippen LogP contribution in [0.25, 0.3) is 11.3 Å². The molecule has 2 aromatic rings. The molecule has 1 aromatic carbocycles. The molecule has 9 nitrogen and oxygen atoms in total. The zero-order valence-corrected chi connectivity index (χ0v) is 19.2. The molecular formula is C24H29FN4O5. The zero-order chi connectivity index (χ0) is 24.7. The van der Waals surface area contributed by atoms with E-state index in [2.05, 4.69) is 21.1 Å². The third-order valence-electron chi connectivity index (χ3n) is 5.64. The van der Waals surface area contributed by atoms with E-state index in [0.717, 1.165) is 6.42 Å². The summed E-state index contributed by atoms with van der Waals surface area (Å²) in [5.41, 5.74) is 0.0525. The summed E-state index contributed by atoms with van der Waals surface area (Å²) < 4.78 is 19.1. The van der Waals surface area contributed by atoms with Gasteiger partial charge in [0, 0.05) is 18.5 Å². The Hall–Kier alpha value is -3.56. The first-order valence-corrected chi connectivity index (χ1v) is 11.3. The topological polar surface area (TPSA) is 130 Å². The molecule has 10 heteroatoms. The number of halogens is 1. The Morgan fingerprint density at radius 2 is 2.06 bits per heavy atom. The van der Waals surface area contributed by atoms with Gasteiger partial charge < -0.3 is 25.3 Å². The zero-order valence-electron chi connectivity index (χ0n) is 19.2. The van der Waals surface area contributed by atoms with Crippen molar-refractivity contribution in [2.45, 2.75) is 51.6 Å². The summed E-state index contributed by atoms with van der Waals surface area (Å²) in [4.78, 5) is 49.3. The maximum absolute atomic E-state index is 14.0. The number of aromatic nitrogens is 1. The Bertz CT molecular complexity index is 1040. The van der Waals surface area contributed by atoms with Gasteiger partial charge in [0.05, 0.1) is 11.6 Å². The molecule has 1 fully saturated rings. The molecule has 0 radical (unpaired) electrons. The highest BCUT2D eigenvalue weighted by Crippen LogP contribution is 2.23. The van der Waals surface area contributed by atoms with Gasteiger partial charge in [0.1, 0.15) is 18.1 Å². The van der Waals surface area contributed by atoms with E-state index in [1.807, 2.05) is 13.8 Å². The van der Waals surface area contributed by atoms with Crippen molar-refractivity contribution < 1.29 is 28.1 Å². The number of piperidine rings is 1. The number of nitrogens with zero attached hydrogens (tertiary/aromatic N) is 1. The van der Waals surface area contributed by atoms with Gasteiger partial charge in [0.2, 0.25) is 11.8 Å². The van der Waals surface area contributed by atoms with E-state index in [1.54, 1.807) is 6.07 Å². The summed E-state index contributed by atoms with van der Waals surface area (Å²) >= 11 is 0. The van der Waals surface area contributed by atoms with Crippen LogP contribution in [0.4, 0.5) is 4.39 Å². The van der Waals surface area contributed by atoms with E-state index in [-0.39, 0.29) is 41.2 Å². The lowest BCUT2D eigenvalue weighted by atomic mass is 9.91. The Kier molecular flexibility index (Phi) is 8.50. The fraction of sp³-hybridized carbons (Fsp3) is 0.458. The Labute approximate surface area is 196 Å². The monoisotopic (exact) mass is 472 g/mol. The van der Waals surface area contributed by atoms with E-state index < -0.39 is 29.7 Å². The molecule has 3 atom stereocenters. The molecule has 0 spiro atoms. The van der Waals surface area contributed by atoms with E-state index in [4.69, 9.17) is 4.52 Å². The average Bonchev–Trinajstić information content (AvgIpc) is 3.29. The number of rotatable bonds is 10. The van der Waals surface area contributed by atoms with Gasteiger partial charge in [-0.15, -0.1) is 0 Å². The summed E-state index contributed by atoms with van der Waals surface area (Å²) in [6, 6.07) is 5.43. The molecule has 3 amide bonds. The van der Waals surface area contributed by atoms with Gasteiger partial charge >= 0.3 is 0 Å². The molecule has 1 aromatic heterocycles. The maximum atomic E-state index is 14.0. The summed E-state index contributed by atoms with van der Waals surface area (Å²) in [7, 11) is 0. The van der Waals surface area contributed by atoms with Crippen molar-refractivity contribution in [3.63, 3.8) is 0 Å². The quantitative estimate of drug-likeness (QED) is 0.455. The van der Waals surface area contributed by atoms with Gasteiger partial charge in [-0.05, 0) is 43.7 Å².